The van der Waals surface area contributed by atoms with Crippen molar-refractivity contribution in [1.29, 1.82) is 0 Å². The van der Waals surface area contributed by atoms with Crippen LogP contribution in [0.25, 0.3) is 0 Å². The first-order chi connectivity index (χ1) is 10.6. The van der Waals surface area contributed by atoms with E-state index in [0.29, 0.717) is 12.4 Å². The normalized spacial score (nSPS) is 15.9. The third kappa shape index (κ3) is 4.24. The van der Waals surface area contributed by atoms with Gasteiger partial charge in [-0.2, -0.15) is 0 Å². The standard InChI is InChI=1S/C16H21NO4S/c1-21-11-16(6-3-7-16)15(20)17-13-5-2-4-12(8-13)9-22-10-14(18)19/h2,4-5,8H,3,6-7,9-11H2,1H3,(H,17,20)(H,18,19). The van der Waals surface area contributed by atoms with Gasteiger partial charge in [-0.15, -0.1) is 11.8 Å². The lowest BCUT2D eigenvalue weighted by Crippen LogP contribution is -2.45. The Morgan fingerprint density at radius 2 is 2.18 bits per heavy atom. The molecule has 0 aromatic heterocycles. The van der Waals surface area contributed by atoms with E-state index in [4.69, 9.17) is 9.84 Å². The van der Waals surface area contributed by atoms with Crippen LogP contribution in [0.1, 0.15) is 24.8 Å². The molecule has 1 aromatic rings. The zero-order valence-corrected chi connectivity index (χ0v) is 13.4. The summed E-state index contributed by atoms with van der Waals surface area (Å²) in [6.07, 6.45) is 2.78. The van der Waals surface area contributed by atoms with Crippen LogP contribution in [0.2, 0.25) is 0 Å². The highest BCUT2D eigenvalue weighted by Crippen LogP contribution is 2.42. The van der Waals surface area contributed by atoms with Gasteiger partial charge in [0.1, 0.15) is 0 Å². The van der Waals surface area contributed by atoms with Gasteiger partial charge in [0, 0.05) is 18.6 Å². The Balaban J connectivity index is 1.95. The largest absolute Gasteiger partial charge is 0.481 e. The maximum Gasteiger partial charge on any atom is 0.313 e. The van der Waals surface area contributed by atoms with Gasteiger partial charge in [0.05, 0.1) is 17.8 Å². The van der Waals surface area contributed by atoms with Gasteiger partial charge in [-0.1, -0.05) is 18.6 Å². The lowest BCUT2D eigenvalue weighted by atomic mass is 9.68. The summed E-state index contributed by atoms with van der Waals surface area (Å²) in [5.41, 5.74) is 1.36. The zero-order chi connectivity index (χ0) is 16.0. The van der Waals surface area contributed by atoms with Crippen molar-refractivity contribution in [2.45, 2.75) is 25.0 Å². The summed E-state index contributed by atoms with van der Waals surface area (Å²) in [6.45, 7) is 0.451. The van der Waals surface area contributed by atoms with E-state index in [-0.39, 0.29) is 17.1 Å². The molecule has 0 aliphatic heterocycles. The van der Waals surface area contributed by atoms with Gasteiger partial charge in [-0.3, -0.25) is 9.59 Å². The minimum absolute atomic E-state index is 0.0101. The van der Waals surface area contributed by atoms with E-state index in [9.17, 15) is 9.59 Å². The highest BCUT2D eigenvalue weighted by atomic mass is 32.2. The van der Waals surface area contributed by atoms with Gasteiger partial charge in [0.2, 0.25) is 5.91 Å². The Bertz CT molecular complexity index is 543. The zero-order valence-electron chi connectivity index (χ0n) is 12.6. The van der Waals surface area contributed by atoms with E-state index >= 15 is 0 Å². The summed E-state index contributed by atoms with van der Waals surface area (Å²) in [5.74, 6) is -0.121. The summed E-state index contributed by atoms with van der Waals surface area (Å²) in [6, 6.07) is 7.54. The van der Waals surface area contributed by atoms with Crippen LogP contribution >= 0.6 is 11.8 Å². The number of hydrogen-bond donors (Lipinski definition) is 2. The van der Waals surface area contributed by atoms with Crippen LogP contribution in [0.15, 0.2) is 24.3 Å². The first-order valence-corrected chi connectivity index (χ1v) is 8.40. The maximum atomic E-state index is 12.4. The van der Waals surface area contributed by atoms with Gasteiger partial charge >= 0.3 is 5.97 Å². The molecule has 2 N–H and O–H groups in total. The Hall–Kier alpha value is -1.53. The van der Waals surface area contributed by atoms with E-state index in [0.717, 1.165) is 30.5 Å². The molecule has 120 valence electrons. The molecule has 1 aliphatic carbocycles. The number of benzene rings is 1. The van der Waals surface area contributed by atoms with Crippen LogP contribution in [0.5, 0.6) is 0 Å². The second-order valence-corrected chi connectivity index (χ2v) is 6.59. The third-order valence-corrected chi connectivity index (χ3v) is 4.88. The van der Waals surface area contributed by atoms with Crippen molar-refractivity contribution in [2.75, 3.05) is 24.8 Å². The van der Waals surface area contributed by atoms with E-state index in [2.05, 4.69) is 5.32 Å². The number of carbonyl (C=O) groups is 2. The minimum atomic E-state index is -0.819. The molecule has 22 heavy (non-hydrogen) atoms. The second kappa shape index (κ2) is 7.65. The number of anilines is 1. The number of carboxylic acids is 1. The van der Waals surface area contributed by atoms with E-state index < -0.39 is 5.97 Å². The molecule has 0 bridgehead atoms. The Morgan fingerprint density at radius 1 is 1.41 bits per heavy atom. The monoisotopic (exact) mass is 323 g/mol. The van der Waals surface area contributed by atoms with Gasteiger partial charge in [-0.05, 0) is 30.5 Å². The fraction of sp³-hybridized carbons (Fsp3) is 0.500. The summed E-state index contributed by atoms with van der Waals surface area (Å²) in [5, 5.41) is 11.6. The summed E-state index contributed by atoms with van der Waals surface area (Å²) in [4.78, 5) is 23.0. The van der Waals surface area contributed by atoms with Crippen molar-refractivity contribution in [2.24, 2.45) is 5.41 Å². The average Bonchev–Trinajstić information content (AvgIpc) is 2.42. The molecule has 0 saturated heterocycles. The van der Waals surface area contributed by atoms with Crippen molar-refractivity contribution in [3.05, 3.63) is 29.8 Å². The van der Waals surface area contributed by atoms with Gasteiger partial charge in [-0.25, -0.2) is 0 Å². The number of aliphatic carboxylic acids is 1. The molecule has 1 aliphatic rings. The summed E-state index contributed by atoms with van der Waals surface area (Å²) >= 11 is 1.34. The molecule has 2 rings (SSSR count). The number of hydrogen-bond acceptors (Lipinski definition) is 4. The molecule has 6 heteroatoms. The first kappa shape index (κ1) is 16.8. The highest BCUT2D eigenvalue weighted by Gasteiger charge is 2.44. The number of carbonyl (C=O) groups excluding carboxylic acids is 1. The van der Waals surface area contributed by atoms with Crippen molar-refractivity contribution in [3.8, 4) is 0 Å². The van der Waals surface area contributed by atoms with Crippen LogP contribution in [-0.2, 0) is 20.1 Å². The fourth-order valence-corrected chi connectivity index (χ4v) is 3.27. The molecule has 5 nitrogen and oxygen atoms in total. The molecule has 0 heterocycles. The number of carboxylic acid groups (broad SMARTS) is 1. The maximum absolute atomic E-state index is 12.4. The van der Waals surface area contributed by atoms with Crippen LogP contribution < -0.4 is 5.32 Å². The smallest absolute Gasteiger partial charge is 0.313 e. The minimum Gasteiger partial charge on any atom is -0.481 e. The second-order valence-electron chi connectivity index (χ2n) is 5.61. The number of methoxy groups -OCH3 is 1. The molecule has 1 amide bonds. The number of nitrogens with one attached hydrogen (secondary N) is 1. The molecule has 0 atom stereocenters. The molecular formula is C16H21NO4S. The molecule has 1 saturated carbocycles. The van der Waals surface area contributed by atoms with Gasteiger partial charge < -0.3 is 15.2 Å². The number of amides is 1. The van der Waals surface area contributed by atoms with Crippen LogP contribution in [-0.4, -0.2) is 36.5 Å². The van der Waals surface area contributed by atoms with Crippen LogP contribution in [0.3, 0.4) is 0 Å². The third-order valence-electron chi connectivity index (χ3n) is 3.89. The van der Waals surface area contributed by atoms with Crippen LogP contribution in [0, 0.1) is 5.41 Å². The van der Waals surface area contributed by atoms with Crippen molar-refractivity contribution in [1.82, 2.24) is 0 Å². The predicted octanol–water partition coefficient (Wildman–Crippen LogP) is 2.76. The predicted molar refractivity (Wildman–Crippen MR) is 87.0 cm³/mol. The first-order valence-electron chi connectivity index (χ1n) is 7.25. The van der Waals surface area contributed by atoms with Gasteiger partial charge in [0.15, 0.2) is 0 Å². The van der Waals surface area contributed by atoms with Crippen molar-refractivity contribution in [3.63, 3.8) is 0 Å². The van der Waals surface area contributed by atoms with E-state index in [1.165, 1.54) is 11.8 Å². The van der Waals surface area contributed by atoms with Crippen molar-refractivity contribution >= 4 is 29.3 Å². The molecule has 1 aromatic carbocycles. The Morgan fingerprint density at radius 3 is 2.77 bits per heavy atom. The van der Waals surface area contributed by atoms with E-state index in [1.807, 2.05) is 24.3 Å². The topological polar surface area (TPSA) is 75.6 Å². The molecule has 0 spiro atoms. The summed E-state index contributed by atoms with van der Waals surface area (Å²) in [7, 11) is 1.62. The fourth-order valence-electron chi connectivity index (χ4n) is 2.58. The Kier molecular flexibility index (Phi) is 5.85. The number of ether oxygens (including phenoxy) is 1. The lowest BCUT2D eigenvalue weighted by molar-refractivity contribution is -0.135. The highest BCUT2D eigenvalue weighted by molar-refractivity contribution is 7.99. The van der Waals surface area contributed by atoms with Crippen LogP contribution in [0.4, 0.5) is 5.69 Å². The molecule has 0 radical (unpaired) electrons. The quantitative estimate of drug-likeness (QED) is 0.769. The molecule has 0 unspecified atom stereocenters. The lowest BCUT2D eigenvalue weighted by Gasteiger charge is -2.39. The molecular weight excluding hydrogens is 302 g/mol. The number of thioether (sulfide) groups is 1. The SMILES string of the molecule is COCC1(C(=O)Nc2cccc(CSCC(=O)O)c2)CCC1. The van der Waals surface area contributed by atoms with Crippen molar-refractivity contribution < 1.29 is 19.4 Å². The van der Waals surface area contributed by atoms with E-state index in [1.54, 1.807) is 7.11 Å². The Labute approximate surface area is 134 Å². The average molecular weight is 323 g/mol. The number of rotatable bonds is 8. The van der Waals surface area contributed by atoms with Gasteiger partial charge in [0.25, 0.3) is 0 Å². The molecule has 1 fully saturated rings. The summed E-state index contributed by atoms with van der Waals surface area (Å²) < 4.78 is 5.19.